The summed E-state index contributed by atoms with van der Waals surface area (Å²) in [5, 5.41) is 12.5. The lowest BCUT2D eigenvalue weighted by Crippen LogP contribution is -2.27. The summed E-state index contributed by atoms with van der Waals surface area (Å²) in [5.74, 6) is 1.41. The van der Waals surface area contributed by atoms with Gasteiger partial charge in [-0.15, -0.1) is 0 Å². The second-order valence-corrected chi connectivity index (χ2v) is 8.54. The highest BCUT2D eigenvalue weighted by Crippen LogP contribution is 2.11. The predicted octanol–water partition coefficient (Wildman–Crippen LogP) is 3.22. The van der Waals surface area contributed by atoms with E-state index in [9.17, 15) is 4.79 Å². The Hall–Kier alpha value is -3.76. The Labute approximate surface area is 218 Å². The highest BCUT2D eigenvalue weighted by molar-refractivity contribution is 5.94. The van der Waals surface area contributed by atoms with Gasteiger partial charge in [0.1, 0.15) is 0 Å². The molecule has 0 saturated carbocycles. The Bertz CT molecular complexity index is 1050. The van der Waals surface area contributed by atoms with E-state index in [1.807, 2.05) is 50.2 Å². The summed E-state index contributed by atoms with van der Waals surface area (Å²) in [5.41, 5.74) is 1.89. The van der Waals surface area contributed by atoms with Gasteiger partial charge in [-0.2, -0.15) is 15.0 Å². The number of rotatable bonds is 17. The number of hydrogen-bond donors (Lipinski definition) is 4. The van der Waals surface area contributed by atoms with Crippen LogP contribution in [0.5, 0.6) is 0 Å². The molecule has 0 spiro atoms. The minimum absolute atomic E-state index is 0.105. The van der Waals surface area contributed by atoms with Crippen molar-refractivity contribution in [2.24, 2.45) is 0 Å². The van der Waals surface area contributed by atoms with Crippen LogP contribution < -0.4 is 21.3 Å². The van der Waals surface area contributed by atoms with Crippen molar-refractivity contribution in [1.29, 1.82) is 0 Å². The van der Waals surface area contributed by atoms with Crippen LogP contribution in [0.3, 0.4) is 0 Å². The standard InChI is InChI=1S/C27H37N7O3/c1-21(2)31-27-33-25(29-14-13-22-9-5-3-6-10-22)32-26(34-27)30-16-18-37-20-19-36-17-15-28-24(35)23-11-7-4-8-12-23/h3-12,21H,13-20H2,1-2H3,(H,28,35)(H3,29,30,31,32,33,34). The molecule has 10 nitrogen and oxygen atoms in total. The van der Waals surface area contributed by atoms with Crippen LogP contribution in [-0.4, -0.2) is 73.0 Å². The van der Waals surface area contributed by atoms with Crippen molar-refractivity contribution in [1.82, 2.24) is 20.3 Å². The van der Waals surface area contributed by atoms with Gasteiger partial charge in [0.15, 0.2) is 0 Å². The van der Waals surface area contributed by atoms with Gasteiger partial charge in [-0.3, -0.25) is 4.79 Å². The monoisotopic (exact) mass is 507 g/mol. The largest absolute Gasteiger partial charge is 0.377 e. The number of carbonyl (C=O) groups is 1. The molecule has 0 radical (unpaired) electrons. The van der Waals surface area contributed by atoms with Crippen molar-refractivity contribution in [3.63, 3.8) is 0 Å². The number of ether oxygens (including phenoxy) is 2. The number of hydrogen-bond acceptors (Lipinski definition) is 9. The van der Waals surface area contributed by atoms with E-state index in [0.29, 0.717) is 69.5 Å². The molecule has 0 aliphatic rings. The van der Waals surface area contributed by atoms with E-state index in [4.69, 9.17) is 9.47 Å². The fraction of sp³-hybridized carbons (Fsp3) is 0.407. The van der Waals surface area contributed by atoms with E-state index in [1.165, 1.54) is 5.56 Å². The zero-order valence-electron chi connectivity index (χ0n) is 21.6. The summed E-state index contributed by atoms with van der Waals surface area (Å²) in [7, 11) is 0. The van der Waals surface area contributed by atoms with E-state index in [2.05, 4.69) is 48.4 Å². The average molecular weight is 508 g/mol. The zero-order valence-corrected chi connectivity index (χ0v) is 21.6. The van der Waals surface area contributed by atoms with E-state index in [1.54, 1.807) is 12.1 Å². The Balaban J connectivity index is 1.30. The van der Waals surface area contributed by atoms with Gasteiger partial charge in [0, 0.05) is 31.2 Å². The van der Waals surface area contributed by atoms with Gasteiger partial charge in [-0.05, 0) is 38.0 Å². The molecule has 0 fully saturated rings. The predicted molar refractivity (Wildman–Crippen MR) is 146 cm³/mol. The third kappa shape index (κ3) is 11.2. The van der Waals surface area contributed by atoms with Crippen LogP contribution in [0.1, 0.15) is 29.8 Å². The molecule has 4 N–H and O–H groups in total. The third-order valence-electron chi connectivity index (χ3n) is 5.06. The first-order chi connectivity index (χ1) is 18.1. The quantitative estimate of drug-likeness (QED) is 0.204. The molecule has 1 amide bonds. The van der Waals surface area contributed by atoms with Gasteiger partial charge in [-0.1, -0.05) is 48.5 Å². The van der Waals surface area contributed by atoms with Crippen LogP contribution >= 0.6 is 0 Å². The zero-order chi connectivity index (χ0) is 26.1. The molecule has 0 bridgehead atoms. The molecule has 3 aromatic rings. The molecule has 10 heteroatoms. The van der Waals surface area contributed by atoms with E-state index in [0.717, 1.165) is 6.42 Å². The molecule has 198 valence electrons. The lowest BCUT2D eigenvalue weighted by molar-refractivity contribution is 0.0519. The van der Waals surface area contributed by atoms with Gasteiger partial charge in [0.05, 0.1) is 26.4 Å². The summed E-state index contributed by atoms with van der Waals surface area (Å²) < 4.78 is 11.1. The molecule has 3 rings (SSSR count). The first-order valence-corrected chi connectivity index (χ1v) is 12.6. The van der Waals surface area contributed by atoms with Crippen LogP contribution in [0.25, 0.3) is 0 Å². The number of amides is 1. The average Bonchev–Trinajstić information content (AvgIpc) is 2.90. The minimum Gasteiger partial charge on any atom is -0.377 e. The second kappa shape index (κ2) is 16.1. The molecule has 37 heavy (non-hydrogen) atoms. The Kier molecular flexibility index (Phi) is 12.1. The molecule has 0 aliphatic carbocycles. The number of benzene rings is 2. The fourth-order valence-corrected chi connectivity index (χ4v) is 3.31. The van der Waals surface area contributed by atoms with Gasteiger partial charge in [-0.25, -0.2) is 0 Å². The van der Waals surface area contributed by atoms with Crippen molar-refractivity contribution in [3.05, 3.63) is 71.8 Å². The summed E-state index contributed by atoms with van der Waals surface area (Å²) >= 11 is 0. The van der Waals surface area contributed by atoms with Gasteiger partial charge in [0.25, 0.3) is 5.91 Å². The van der Waals surface area contributed by atoms with Crippen LogP contribution in [0.4, 0.5) is 17.8 Å². The van der Waals surface area contributed by atoms with Gasteiger partial charge >= 0.3 is 0 Å². The number of aromatic nitrogens is 3. The van der Waals surface area contributed by atoms with Gasteiger partial charge < -0.3 is 30.7 Å². The van der Waals surface area contributed by atoms with Gasteiger partial charge in [0.2, 0.25) is 17.8 Å². The molecular formula is C27H37N7O3. The Morgan fingerprint density at radius 1 is 0.730 bits per heavy atom. The van der Waals surface area contributed by atoms with Crippen molar-refractivity contribution in [3.8, 4) is 0 Å². The van der Waals surface area contributed by atoms with Crippen molar-refractivity contribution in [2.75, 3.05) is 62.0 Å². The Morgan fingerprint density at radius 2 is 1.30 bits per heavy atom. The van der Waals surface area contributed by atoms with Crippen molar-refractivity contribution < 1.29 is 14.3 Å². The fourth-order valence-electron chi connectivity index (χ4n) is 3.31. The maximum Gasteiger partial charge on any atom is 0.251 e. The van der Waals surface area contributed by atoms with Crippen LogP contribution in [0.15, 0.2) is 60.7 Å². The molecule has 2 aromatic carbocycles. The number of anilines is 3. The highest BCUT2D eigenvalue weighted by atomic mass is 16.5. The Morgan fingerprint density at radius 3 is 1.95 bits per heavy atom. The molecule has 1 aromatic heterocycles. The topological polar surface area (TPSA) is 122 Å². The normalized spacial score (nSPS) is 10.8. The smallest absolute Gasteiger partial charge is 0.251 e. The number of nitrogens with zero attached hydrogens (tertiary/aromatic N) is 3. The molecular weight excluding hydrogens is 470 g/mol. The summed E-state index contributed by atoms with van der Waals surface area (Å²) in [6.45, 7) is 7.58. The molecule has 0 atom stereocenters. The SMILES string of the molecule is CC(C)Nc1nc(NCCOCCOCCNC(=O)c2ccccc2)nc(NCCc2ccccc2)n1. The number of carbonyl (C=O) groups excluding carboxylic acids is 1. The number of nitrogens with one attached hydrogen (secondary N) is 4. The summed E-state index contributed by atoms with van der Waals surface area (Å²) in [4.78, 5) is 25.3. The van der Waals surface area contributed by atoms with Crippen LogP contribution in [0, 0.1) is 0 Å². The van der Waals surface area contributed by atoms with E-state index in [-0.39, 0.29) is 11.9 Å². The molecule has 0 saturated heterocycles. The first-order valence-electron chi connectivity index (χ1n) is 12.6. The minimum atomic E-state index is -0.105. The molecule has 0 unspecified atom stereocenters. The summed E-state index contributed by atoms with van der Waals surface area (Å²) in [6.07, 6.45) is 0.873. The maximum atomic E-state index is 12.0. The van der Waals surface area contributed by atoms with Crippen molar-refractivity contribution in [2.45, 2.75) is 26.3 Å². The third-order valence-corrected chi connectivity index (χ3v) is 5.06. The lowest BCUT2D eigenvalue weighted by atomic mass is 10.1. The maximum absolute atomic E-state index is 12.0. The highest BCUT2D eigenvalue weighted by Gasteiger charge is 2.08. The van der Waals surface area contributed by atoms with Crippen LogP contribution in [-0.2, 0) is 15.9 Å². The first kappa shape index (κ1) is 27.8. The lowest BCUT2D eigenvalue weighted by Gasteiger charge is -2.13. The van der Waals surface area contributed by atoms with E-state index >= 15 is 0 Å². The molecule has 1 heterocycles. The molecule has 0 aliphatic heterocycles. The van der Waals surface area contributed by atoms with Crippen molar-refractivity contribution >= 4 is 23.8 Å². The van der Waals surface area contributed by atoms with E-state index < -0.39 is 0 Å². The second-order valence-electron chi connectivity index (χ2n) is 8.54. The van der Waals surface area contributed by atoms with Crippen LogP contribution in [0.2, 0.25) is 0 Å². The summed E-state index contributed by atoms with van der Waals surface area (Å²) in [6, 6.07) is 19.6.